The monoisotopic (exact) mass is 367 g/mol. The van der Waals surface area contributed by atoms with Crippen molar-refractivity contribution in [2.75, 3.05) is 5.32 Å². The van der Waals surface area contributed by atoms with Crippen LogP contribution < -0.4 is 5.32 Å². The fraction of sp³-hybridized carbons (Fsp3) is 0.263. The van der Waals surface area contributed by atoms with Crippen molar-refractivity contribution < 1.29 is 9.72 Å². The number of carbonyl (C=O) groups is 1. The van der Waals surface area contributed by atoms with Crippen molar-refractivity contribution in [1.82, 2.24) is 4.98 Å². The highest BCUT2D eigenvalue weighted by Gasteiger charge is 2.42. The van der Waals surface area contributed by atoms with E-state index in [1.165, 1.54) is 23.5 Å². The van der Waals surface area contributed by atoms with Gasteiger partial charge in [-0.05, 0) is 24.5 Å². The number of hydrogen-bond acceptors (Lipinski definition) is 5. The average molecular weight is 367 g/mol. The lowest BCUT2D eigenvalue weighted by Gasteiger charge is -2.27. The minimum atomic E-state index is -0.523. The number of anilines is 1. The van der Waals surface area contributed by atoms with Gasteiger partial charge in [0.1, 0.15) is 0 Å². The molecule has 0 unspecified atom stereocenters. The Labute approximate surface area is 154 Å². The molecule has 0 spiro atoms. The van der Waals surface area contributed by atoms with Crippen molar-refractivity contribution in [2.45, 2.75) is 31.1 Å². The summed E-state index contributed by atoms with van der Waals surface area (Å²) in [6.07, 6.45) is 3.68. The van der Waals surface area contributed by atoms with E-state index in [-0.39, 0.29) is 11.6 Å². The third-order valence-electron chi connectivity index (χ3n) is 5.02. The van der Waals surface area contributed by atoms with Crippen LogP contribution in [-0.4, -0.2) is 15.8 Å². The zero-order valence-electron chi connectivity index (χ0n) is 14.0. The summed E-state index contributed by atoms with van der Waals surface area (Å²) in [6.45, 7) is 0. The Bertz CT molecular complexity index is 978. The third kappa shape index (κ3) is 2.84. The number of hydrogen-bond donors (Lipinski definition) is 1. The number of aromatic nitrogens is 1. The second-order valence-corrected chi connectivity index (χ2v) is 7.57. The molecular formula is C19H17N3O3S. The summed E-state index contributed by atoms with van der Waals surface area (Å²) >= 11 is 1.26. The zero-order valence-corrected chi connectivity index (χ0v) is 14.8. The molecule has 0 radical (unpaired) electrons. The molecule has 0 saturated heterocycles. The van der Waals surface area contributed by atoms with E-state index >= 15 is 0 Å². The number of nitrogens with zero attached hydrogens (tertiary/aromatic N) is 2. The SMILES string of the molecule is O=C(Nc1nc2ccc([N+](=O)[O-])cc2s1)C1(c2ccccc2)CCCC1. The standard InChI is InChI=1S/C19H17N3O3S/c23-17(19(10-4-5-11-19)13-6-2-1-3-7-13)21-18-20-15-9-8-14(22(24)25)12-16(15)26-18/h1-3,6-9,12H,4-5,10-11H2,(H,20,21,23). The number of non-ortho nitro benzene ring substituents is 1. The van der Waals surface area contributed by atoms with Crippen molar-refractivity contribution in [2.24, 2.45) is 0 Å². The molecule has 4 rings (SSSR count). The van der Waals surface area contributed by atoms with Crippen molar-refractivity contribution in [3.8, 4) is 0 Å². The van der Waals surface area contributed by atoms with Crippen molar-refractivity contribution in [3.63, 3.8) is 0 Å². The predicted molar refractivity (Wildman–Crippen MR) is 101 cm³/mol. The van der Waals surface area contributed by atoms with E-state index in [0.29, 0.717) is 15.3 Å². The molecule has 1 aliphatic rings. The van der Waals surface area contributed by atoms with Crippen LogP contribution in [0.25, 0.3) is 10.2 Å². The summed E-state index contributed by atoms with van der Waals surface area (Å²) in [5.41, 5.74) is 1.18. The van der Waals surface area contributed by atoms with Gasteiger partial charge in [-0.3, -0.25) is 14.9 Å². The predicted octanol–water partition coefficient (Wildman–Crippen LogP) is 4.66. The highest BCUT2D eigenvalue weighted by molar-refractivity contribution is 7.22. The van der Waals surface area contributed by atoms with Gasteiger partial charge in [0.05, 0.1) is 20.6 Å². The van der Waals surface area contributed by atoms with Crippen molar-refractivity contribution in [3.05, 3.63) is 64.2 Å². The van der Waals surface area contributed by atoms with Crippen LogP contribution in [0.4, 0.5) is 10.8 Å². The normalized spacial score (nSPS) is 15.8. The lowest BCUT2D eigenvalue weighted by Crippen LogP contribution is -2.37. The number of nitrogens with one attached hydrogen (secondary N) is 1. The molecule has 6 nitrogen and oxygen atoms in total. The van der Waals surface area contributed by atoms with Gasteiger partial charge < -0.3 is 5.32 Å². The smallest absolute Gasteiger partial charge is 0.270 e. The van der Waals surface area contributed by atoms with Gasteiger partial charge in [-0.25, -0.2) is 4.98 Å². The van der Waals surface area contributed by atoms with E-state index in [2.05, 4.69) is 10.3 Å². The number of thiazole rings is 1. The third-order valence-corrected chi connectivity index (χ3v) is 5.96. The summed E-state index contributed by atoms with van der Waals surface area (Å²) < 4.78 is 0.690. The summed E-state index contributed by atoms with van der Waals surface area (Å²) in [7, 11) is 0. The molecule has 132 valence electrons. The highest BCUT2D eigenvalue weighted by atomic mass is 32.1. The van der Waals surface area contributed by atoms with Crippen molar-refractivity contribution >= 4 is 38.3 Å². The fourth-order valence-corrected chi connectivity index (χ4v) is 4.57. The van der Waals surface area contributed by atoms with Crippen LogP contribution >= 0.6 is 11.3 Å². The van der Waals surface area contributed by atoms with Gasteiger partial charge in [-0.15, -0.1) is 0 Å². The molecule has 1 aliphatic carbocycles. The topological polar surface area (TPSA) is 85.1 Å². The molecule has 1 N–H and O–H groups in total. The van der Waals surface area contributed by atoms with Gasteiger partial charge in [0.2, 0.25) is 5.91 Å². The first-order valence-electron chi connectivity index (χ1n) is 8.50. The quantitative estimate of drug-likeness (QED) is 0.537. The molecule has 1 saturated carbocycles. The first-order chi connectivity index (χ1) is 12.6. The van der Waals surface area contributed by atoms with Gasteiger partial charge >= 0.3 is 0 Å². The van der Waals surface area contributed by atoms with E-state index < -0.39 is 10.3 Å². The maximum atomic E-state index is 13.1. The summed E-state index contributed by atoms with van der Waals surface area (Å²) in [5, 5.41) is 14.4. The van der Waals surface area contributed by atoms with Gasteiger partial charge in [-0.2, -0.15) is 0 Å². The maximum absolute atomic E-state index is 13.1. The Kier molecular flexibility index (Phi) is 4.16. The number of carbonyl (C=O) groups excluding carboxylic acids is 1. The Morgan fingerprint density at radius 3 is 2.58 bits per heavy atom. The number of amides is 1. The molecule has 0 bridgehead atoms. The molecular weight excluding hydrogens is 350 g/mol. The second-order valence-electron chi connectivity index (χ2n) is 6.54. The van der Waals surface area contributed by atoms with E-state index in [9.17, 15) is 14.9 Å². The highest BCUT2D eigenvalue weighted by Crippen LogP contribution is 2.42. The maximum Gasteiger partial charge on any atom is 0.270 e. The Morgan fingerprint density at radius 1 is 1.15 bits per heavy atom. The Morgan fingerprint density at radius 2 is 1.88 bits per heavy atom. The number of fused-ring (bicyclic) bond motifs is 1. The van der Waals surface area contributed by atoms with E-state index in [0.717, 1.165) is 31.2 Å². The minimum absolute atomic E-state index is 0.0237. The lowest BCUT2D eigenvalue weighted by molar-refractivity contribution is -0.384. The van der Waals surface area contributed by atoms with Gasteiger partial charge in [-0.1, -0.05) is 54.5 Å². The molecule has 1 amide bonds. The molecule has 26 heavy (non-hydrogen) atoms. The zero-order chi connectivity index (χ0) is 18.1. The van der Waals surface area contributed by atoms with Crippen LogP contribution in [0.2, 0.25) is 0 Å². The lowest BCUT2D eigenvalue weighted by atomic mass is 9.78. The molecule has 0 atom stereocenters. The van der Waals surface area contributed by atoms with Crippen LogP contribution in [0.5, 0.6) is 0 Å². The molecule has 1 fully saturated rings. The molecule has 7 heteroatoms. The largest absolute Gasteiger partial charge is 0.301 e. The van der Waals surface area contributed by atoms with Gasteiger partial charge in [0.25, 0.3) is 5.69 Å². The van der Waals surface area contributed by atoms with Crippen LogP contribution in [0.1, 0.15) is 31.2 Å². The van der Waals surface area contributed by atoms with Gasteiger partial charge in [0.15, 0.2) is 5.13 Å². The number of rotatable bonds is 4. The van der Waals surface area contributed by atoms with Gasteiger partial charge in [0, 0.05) is 12.1 Å². The Balaban J connectivity index is 1.64. The number of benzene rings is 2. The molecule has 2 aromatic carbocycles. The van der Waals surface area contributed by atoms with Crippen LogP contribution in [0.3, 0.4) is 0 Å². The number of nitro benzene ring substituents is 1. The van der Waals surface area contributed by atoms with Crippen molar-refractivity contribution in [1.29, 1.82) is 0 Å². The summed E-state index contributed by atoms with van der Waals surface area (Å²) in [6, 6.07) is 14.4. The molecule has 1 heterocycles. The number of nitro groups is 1. The van der Waals surface area contributed by atoms with E-state index in [1.54, 1.807) is 6.07 Å². The first-order valence-corrected chi connectivity index (χ1v) is 9.32. The van der Waals surface area contributed by atoms with Crippen LogP contribution in [-0.2, 0) is 10.2 Å². The van der Waals surface area contributed by atoms with Crippen LogP contribution in [0, 0.1) is 10.1 Å². The summed E-state index contributed by atoms with van der Waals surface area (Å²) in [5.74, 6) is -0.0465. The van der Waals surface area contributed by atoms with E-state index in [4.69, 9.17) is 0 Å². The van der Waals surface area contributed by atoms with Crippen LogP contribution in [0.15, 0.2) is 48.5 Å². The summed E-state index contributed by atoms with van der Waals surface area (Å²) in [4.78, 5) is 28.0. The molecule has 1 aromatic heterocycles. The Hall–Kier alpha value is -2.80. The van der Waals surface area contributed by atoms with E-state index in [1.807, 2.05) is 30.3 Å². The average Bonchev–Trinajstić information content (AvgIpc) is 3.29. The fourth-order valence-electron chi connectivity index (χ4n) is 3.68. The minimum Gasteiger partial charge on any atom is -0.301 e. The second kappa shape index (κ2) is 6.49. The molecule has 0 aliphatic heterocycles. The first kappa shape index (κ1) is 16.7. The molecule has 3 aromatic rings.